The van der Waals surface area contributed by atoms with Crippen LogP contribution in [-0.2, 0) is 9.53 Å². The average molecular weight is 155 g/mol. The maximum atomic E-state index is 9.92. The first kappa shape index (κ1) is 8.57. The van der Waals surface area contributed by atoms with Crippen LogP contribution in [0.3, 0.4) is 0 Å². The monoisotopic (exact) mass is 155 g/mol. The van der Waals surface area contributed by atoms with Crippen LogP contribution in [0.15, 0.2) is 0 Å². The van der Waals surface area contributed by atoms with Gasteiger partial charge in [-0.3, -0.25) is 0 Å². The molecule has 0 atom stereocenters. The number of carbonyl (C=O) groups excluding carboxylic acids is 1. The molecule has 0 unspecified atom stereocenters. The Bertz CT molecular complexity index is 104. The van der Waals surface area contributed by atoms with Crippen LogP contribution in [0.1, 0.15) is 44.9 Å². The van der Waals surface area contributed by atoms with Crippen LogP contribution in [0.4, 0.5) is 0 Å². The van der Waals surface area contributed by atoms with Crippen molar-refractivity contribution in [3.63, 3.8) is 0 Å². The van der Waals surface area contributed by atoms with Crippen molar-refractivity contribution in [2.24, 2.45) is 0 Å². The summed E-state index contributed by atoms with van der Waals surface area (Å²) in [6, 6.07) is 0. The van der Waals surface area contributed by atoms with Crippen molar-refractivity contribution < 1.29 is 9.53 Å². The molecule has 0 aromatic rings. The molecule has 0 spiro atoms. The van der Waals surface area contributed by atoms with Gasteiger partial charge in [-0.1, -0.05) is 19.3 Å². The Morgan fingerprint density at radius 1 is 1.00 bits per heavy atom. The van der Waals surface area contributed by atoms with Crippen LogP contribution in [0.2, 0.25) is 0 Å². The van der Waals surface area contributed by atoms with Gasteiger partial charge >= 0.3 is 6.47 Å². The molecule has 2 heteroatoms. The highest BCUT2D eigenvalue weighted by atomic mass is 16.5. The van der Waals surface area contributed by atoms with Crippen molar-refractivity contribution in [1.82, 2.24) is 0 Å². The zero-order chi connectivity index (χ0) is 7.94. The summed E-state index contributed by atoms with van der Waals surface area (Å²) in [6.07, 6.45) is 8.56. The second kappa shape index (κ2) is 5.16. The van der Waals surface area contributed by atoms with Gasteiger partial charge in [0.05, 0.1) is 0 Å². The Hall–Kier alpha value is -0.530. The number of rotatable bonds is 2. The molecule has 0 aromatic heterocycles. The van der Waals surface area contributed by atoms with Gasteiger partial charge in [0.25, 0.3) is 0 Å². The van der Waals surface area contributed by atoms with E-state index in [-0.39, 0.29) is 6.10 Å². The van der Waals surface area contributed by atoms with Gasteiger partial charge < -0.3 is 4.74 Å². The summed E-state index contributed by atoms with van der Waals surface area (Å²) in [7, 11) is 0. The Balaban J connectivity index is 2.20. The first-order valence-electron chi connectivity index (χ1n) is 4.46. The van der Waals surface area contributed by atoms with Crippen molar-refractivity contribution in [2.45, 2.75) is 51.0 Å². The van der Waals surface area contributed by atoms with Gasteiger partial charge in [0.15, 0.2) is 0 Å². The van der Waals surface area contributed by atoms with Crippen molar-refractivity contribution >= 4 is 6.47 Å². The molecule has 1 saturated carbocycles. The van der Waals surface area contributed by atoms with Crippen molar-refractivity contribution in [3.8, 4) is 0 Å². The van der Waals surface area contributed by atoms with Crippen LogP contribution in [-0.4, -0.2) is 12.6 Å². The maximum absolute atomic E-state index is 9.92. The smallest absolute Gasteiger partial charge is 0.417 e. The topological polar surface area (TPSA) is 26.3 Å². The van der Waals surface area contributed by atoms with E-state index in [1.165, 1.54) is 38.6 Å². The zero-order valence-electron chi connectivity index (χ0n) is 6.84. The Morgan fingerprint density at radius 3 is 2.09 bits per heavy atom. The molecular weight excluding hydrogens is 140 g/mol. The summed E-state index contributed by atoms with van der Waals surface area (Å²) in [5.74, 6) is 0. The molecule has 0 saturated heterocycles. The van der Waals surface area contributed by atoms with E-state index in [1.807, 2.05) is 0 Å². The fraction of sp³-hybridized carbons (Fsp3) is 0.889. The fourth-order valence-electron chi connectivity index (χ4n) is 1.60. The van der Waals surface area contributed by atoms with Gasteiger partial charge in [-0.15, -0.1) is 0 Å². The van der Waals surface area contributed by atoms with Gasteiger partial charge in [0.1, 0.15) is 6.10 Å². The quantitative estimate of drug-likeness (QED) is 0.611. The minimum absolute atomic E-state index is 0.160. The van der Waals surface area contributed by atoms with Gasteiger partial charge in [0, 0.05) is 0 Å². The predicted molar refractivity (Wildman–Crippen MR) is 42.9 cm³/mol. The third-order valence-electron chi connectivity index (χ3n) is 2.27. The van der Waals surface area contributed by atoms with Gasteiger partial charge in [-0.25, -0.2) is 4.79 Å². The van der Waals surface area contributed by atoms with Gasteiger partial charge in [-0.2, -0.15) is 0 Å². The standard InChI is InChI=1S/C9H15O2/c10-8-11-9-6-4-2-1-3-5-7-9/h9H,1-7H2. The second-order valence-corrected chi connectivity index (χ2v) is 3.17. The molecule has 1 aliphatic carbocycles. The molecule has 2 nitrogen and oxygen atoms in total. The maximum Gasteiger partial charge on any atom is 0.417 e. The molecule has 63 valence electrons. The SMILES string of the molecule is O=[C]OC1CCCCCCC1. The average Bonchev–Trinajstić information content (AvgIpc) is 1.94. The summed E-state index contributed by atoms with van der Waals surface area (Å²) in [5.41, 5.74) is 0. The van der Waals surface area contributed by atoms with Crippen LogP contribution < -0.4 is 0 Å². The lowest BCUT2D eigenvalue weighted by Crippen LogP contribution is -2.13. The number of ether oxygens (including phenoxy) is 1. The minimum Gasteiger partial charge on any atom is -0.454 e. The largest absolute Gasteiger partial charge is 0.454 e. The summed E-state index contributed by atoms with van der Waals surface area (Å²) in [6.45, 7) is 1.54. The van der Waals surface area contributed by atoms with E-state index in [0.29, 0.717) is 0 Å². The van der Waals surface area contributed by atoms with Crippen molar-refractivity contribution in [3.05, 3.63) is 0 Å². The van der Waals surface area contributed by atoms with Crippen LogP contribution in [0, 0.1) is 0 Å². The van der Waals surface area contributed by atoms with Crippen molar-refractivity contribution in [1.29, 1.82) is 0 Å². The van der Waals surface area contributed by atoms with Gasteiger partial charge in [0.2, 0.25) is 0 Å². The Kier molecular flexibility index (Phi) is 4.02. The van der Waals surface area contributed by atoms with E-state index in [1.54, 1.807) is 0 Å². The minimum atomic E-state index is 0.160. The van der Waals surface area contributed by atoms with Gasteiger partial charge in [-0.05, 0) is 25.7 Å². The summed E-state index contributed by atoms with van der Waals surface area (Å²) in [4.78, 5) is 9.92. The summed E-state index contributed by atoms with van der Waals surface area (Å²) < 4.78 is 4.81. The highest BCUT2D eigenvalue weighted by Crippen LogP contribution is 2.18. The van der Waals surface area contributed by atoms with E-state index in [4.69, 9.17) is 4.74 Å². The molecule has 1 aliphatic rings. The zero-order valence-corrected chi connectivity index (χ0v) is 6.84. The first-order valence-corrected chi connectivity index (χ1v) is 4.46. The molecule has 0 heterocycles. The first-order chi connectivity index (χ1) is 5.43. The molecule has 1 fully saturated rings. The van der Waals surface area contributed by atoms with Crippen LogP contribution in [0.25, 0.3) is 0 Å². The summed E-state index contributed by atoms with van der Waals surface area (Å²) in [5, 5.41) is 0. The summed E-state index contributed by atoms with van der Waals surface area (Å²) >= 11 is 0. The molecule has 0 aliphatic heterocycles. The lowest BCUT2D eigenvalue weighted by Gasteiger charge is -2.16. The van der Waals surface area contributed by atoms with Crippen LogP contribution in [0.5, 0.6) is 0 Å². The normalized spacial score (nSPS) is 21.8. The van der Waals surface area contributed by atoms with Crippen LogP contribution >= 0.6 is 0 Å². The molecule has 0 bridgehead atoms. The van der Waals surface area contributed by atoms with E-state index < -0.39 is 0 Å². The lowest BCUT2D eigenvalue weighted by molar-refractivity contribution is 0.146. The molecule has 0 N–H and O–H groups in total. The molecule has 0 aromatic carbocycles. The second-order valence-electron chi connectivity index (χ2n) is 3.17. The highest BCUT2D eigenvalue weighted by Gasteiger charge is 2.11. The lowest BCUT2D eigenvalue weighted by atomic mass is 9.99. The van der Waals surface area contributed by atoms with E-state index >= 15 is 0 Å². The van der Waals surface area contributed by atoms with E-state index in [2.05, 4.69) is 0 Å². The third-order valence-corrected chi connectivity index (χ3v) is 2.27. The number of hydrogen-bond donors (Lipinski definition) is 0. The fourth-order valence-corrected chi connectivity index (χ4v) is 1.60. The molecule has 1 radical (unpaired) electrons. The molecule has 11 heavy (non-hydrogen) atoms. The molecule has 0 amide bonds. The Morgan fingerprint density at radius 2 is 1.55 bits per heavy atom. The predicted octanol–water partition coefficient (Wildman–Crippen LogP) is 2.18. The van der Waals surface area contributed by atoms with E-state index in [9.17, 15) is 4.79 Å². The number of hydrogen-bond acceptors (Lipinski definition) is 2. The molecular formula is C9H15O2. The van der Waals surface area contributed by atoms with Crippen molar-refractivity contribution in [2.75, 3.05) is 0 Å². The molecule has 1 rings (SSSR count). The third kappa shape index (κ3) is 3.40. The highest BCUT2D eigenvalue weighted by molar-refractivity contribution is 5.38. The Labute approximate surface area is 67.9 Å². The van der Waals surface area contributed by atoms with E-state index in [0.717, 1.165) is 12.8 Å².